The number of fused-ring (bicyclic) bond motifs is 1. The number of hydrogen-bond acceptors (Lipinski definition) is 5. The molecule has 1 aromatic rings. The first-order valence-electron chi connectivity index (χ1n) is 7.78. The lowest BCUT2D eigenvalue weighted by atomic mass is 10.0. The van der Waals surface area contributed by atoms with Crippen molar-refractivity contribution in [3.05, 3.63) is 17.2 Å². The van der Waals surface area contributed by atoms with Crippen LogP contribution in [0.15, 0.2) is 12.1 Å². The summed E-state index contributed by atoms with van der Waals surface area (Å²) in [5.41, 5.74) is -1.29. The van der Waals surface area contributed by atoms with Gasteiger partial charge in [-0.25, -0.2) is 9.59 Å². The van der Waals surface area contributed by atoms with Gasteiger partial charge in [-0.3, -0.25) is 4.90 Å². The second-order valence-electron chi connectivity index (χ2n) is 7.37. The Bertz CT molecular complexity index is 714. The third kappa shape index (κ3) is 3.92. The molecule has 0 saturated carbocycles. The van der Waals surface area contributed by atoms with E-state index in [0.29, 0.717) is 16.4 Å². The number of carbonyl (C=O) groups is 2. The number of rotatable bonds is 2. The van der Waals surface area contributed by atoms with Gasteiger partial charge in [-0.1, -0.05) is 11.6 Å². The van der Waals surface area contributed by atoms with Crippen LogP contribution >= 0.6 is 11.6 Å². The van der Waals surface area contributed by atoms with Gasteiger partial charge in [0.2, 0.25) is 5.60 Å². The van der Waals surface area contributed by atoms with Crippen molar-refractivity contribution in [1.82, 2.24) is 0 Å². The first-order valence-corrected chi connectivity index (χ1v) is 8.16. The highest BCUT2D eigenvalue weighted by Gasteiger charge is 2.45. The van der Waals surface area contributed by atoms with E-state index in [4.69, 9.17) is 21.1 Å². The summed E-state index contributed by atoms with van der Waals surface area (Å²) >= 11 is 6.30. The quantitative estimate of drug-likeness (QED) is 0.859. The molecule has 25 heavy (non-hydrogen) atoms. The van der Waals surface area contributed by atoms with Gasteiger partial charge < -0.3 is 19.5 Å². The standard InChI is InChI=1S/C17H23ClN2O5/c1-16(2,3)25-15(23)20-9-17(4,14(21)22)24-13-8-11(19(5)6)10(18)7-12(13)20/h7-8H,9H2,1-6H3,(H,21,22). The Morgan fingerprint density at radius 3 is 2.44 bits per heavy atom. The maximum atomic E-state index is 12.6. The molecule has 0 aliphatic carbocycles. The number of anilines is 2. The number of nitrogens with zero attached hydrogens (tertiary/aromatic N) is 2. The summed E-state index contributed by atoms with van der Waals surface area (Å²) < 4.78 is 11.1. The molecule has 1 aromatic carbocycles. The minimum Gasteiger partial charge on any atom is -0.478 e. The molecular weight excluding hydrogens is 348 g/mol. The molecule has 8 heteroatoms. The molecule has 1 heterocycles. The van der Waals surface area contributed by atoms with E-state index < -0.39 is 23.3 Å². The number of halogens is 1. The van der Waals surface area contributed by atoms with Crippen LogP contribution in [-0.4, -0.2) is 49.0 Å². The number of carboxylic acid groups (broad SMARTS) is 1. The summed E-state index contributed by atoms with van der Waals surface area (Å²) in [7, 11) is 3.61. The van der Waals surface area contributed by atoms with Gasteiger partial charge in [-0.2, -0.15) is 0 Å². The molecule has 1 aliphatic heterocycles. The summed E-state index contributed by atoms with van der Waals surface area (Å²) in [4.78, 5) is 27.3. The number of amides is 1. The third-order valence-electron chi connectivity index (χ3n) is 3.66. The smallest absolute Gasteiger partial charge is 0.415 e. The van der Waals surface area contributed by atoms with E-state index in [2.05, 4.69) is 0 Å². The molecule has 0 bridgehead atoms. The molecule has 0 radical (unpaired) electrons. The lowest BCUT2D eigenvalue weighted by molar-refractivity contribution is -0.153. The zero-order valence-corrected chi connectivity index (χ0v) is 16.0. The van der Waals surface area contributed by atoms with Crippen LogP contribution < -0.4 is 14.5 Å². The first kappa shape index (κ1) is 19.2. The number of ether oxygens (including phenoxy) is 2. The van der Waals surface area contributed by atoms with E-state index in [1.54, 1.807) is 51.9 Å². The molecule has 1 amide bonds. The van der Waals surface area contributed by atoms with Crippen molar-refractivity contribution in [1.29, 1.82) is 0 Å². The lowest BCUT2D eigenvalue weighted by Crippen LogP contribution is -2.56. The van der Waals surface area contributed by atoms with E-state index in [0.717, 1.165) is 0 Å². The third-order valence-corrected chi connectivity index (χ3v) is 3.97. The molecule has 2 rings (SSSR count). The molecule has 0 fully saturated rings. The van der Waals surface area contributed by atoms with Crippen molar-refractivity contribution < 1.29 is 24.2 Å². The largest absolute Gasteiger partial charge is 0.478 e. The lowest BCUT2D eigenvalue weighted by Gasteiger charge is -2.40. The van der Waals surface area contributed by atoms with Gasteiger partial charge in [0.1, 0.15) is 11.4 Å². The Morgan fingerprint density at radius 2 is 1.96 bits per heavy atom. The average Bonchev–Trinajstić information content (AvgIpc) is 2.44. The number of hydrogen-bond donors (Lipinski definition) is 1. The van der Waals surface area contributed by atoms with Gasteiger partial charge in [0.15, 0.2) is 0 Å². The summed E-state index contributed by atoms with van der Waals surface area (Å²) in [6.45, 7) is 6.45. The molecule has 1 N–H and O–H groups in total. The van der Waals surface area contributed by atoms with Gasteiger partial charge in [0.25, 0.3) is 0 Å². The first-order chi connectivity index (χ1) is 11.3. The van der Waals surface area contributed by atoms with Crippen LogP contribution in [0.5, 0.6) is 5.75 Å². The van der Waals surface area contributed by atoms with Crippen LogP contribution in [0.3, 0.4) is 0 Å². The fraction of sp³-hybridized carbons (Fsp3) is 0.529. The normalized spacial score (nSPS) is 19.7. The van der Waals surface area contributed by atoms with Crippen LogP contribution in [0, 0.1) is 0 Å². The van der Waals surface area contributed by atoms with Crippen molar-refractivity contribution in [2.45, 2.75) is 38.9 Å². The van der Waals surface area contributed by atoms with Gasteiger partial charge in [-0.15, -0.1) is 0 Å². The minimum absolute atomic E-state index is 0.193. The van der Waals surface area contributed by atoms with E-state index in [-0.39, 0.29) is 12.3 Å². The number of benzene rings is 1. The Kier molecular flexibility index (Phi) is 4.83. The van der Waals surface area contributed by atoms with Gasteiger partial charge in [0, 0.05) is 20.2 Å². The van der Waals surface area contributed by atoms with Gasteiger partial charge >= 0.3 is 12.1 Å². The zero-order chi connectivity index (χ0) is 19.2. The second-order valence-corrected chi connectivity index (χ2v) is 7.78. The average molecular weight is 371 g/mol. The summed E-state index contributed by atoms with van der Waals surface area (Å²) in [6, 6.07) is 3.20. The van der Waals surface area contributed by atoms with Crippen LogP contribution in [0.25, 0.3) is 0 Å². The minimum atomic E-state index is -1.60. The van der Waals surface area contributed by atoms with Crippen LogP contribution in [0.2, 0.25) is 5.02 Å². The van der Waals surface area contributed by atoms with Crippen molar-refractivity contribution in [3.63, 3.8) is 0 Å². The monoisotopic (exact) mass is 370 g/mol. The predicted octanol–water partition coefficient (Wildman–Crippen LogP) is 3.38. The molecule has 1 aliphatic rings. The maximum Gasteiger partial charge on any atom is 0.415 e. The molecule has 0 aromatic heterocycles. The zero-order valence-electron chi connectivity index (χ0n) is 15.2. The summed E-state index contributed by atoms with van der Waals surface area (Å²) in [6.07, 6.45) is -0.654. The SMILES string of the molecule is CN(C)c1cc2c(cc1Cl)N(C(=O)OC(C)(C)C)CC(C)(C(=O)O)O2. The highest BCUT2D eigenvalue weighted by atomic mass is 35.5. The molecule has 0 spiro atoms. The highest BCUT2D eigenvalue weighted by molar-refractivity contribution is 6.33. The van der Waals surface area contributed by atoms with E-state index in [1.165, 1.54) is 11.8 Å². The van der Waals surface area contributed by atoms with Crippen molar-refractivity contribution in [3.8, 4) is 5.75 Å². The summed E-state index contributed by atoms with van der Waals surface area (Å²) in [5.74, 6) is -0.914. The van der Waals surface area contributed by atoms with Crippen molar-refractivity contribution >= 4 is 35.0 Å². The van der Waals surface area contributed by atoms with E-state index in [1.807, 2.05) is 0 Å². The fourth-order valence-electron chi connectivity index (χ4n) is 2.42. The highest BCUT2D eigenvalue weighted by Crippen LogP contribution is 2.43. The van der Waals surface area contributed by atoms with Crippen LogP contribution in [-0.2, 0) is 9.53 Å². The summed E-state index contributed by atoms with van der Waals surface area (Å²) in [5, 5.41) is 9.96. The van der Waals surface area contributed by atoms with E-state index in [9.17, 15) is 14.7 Å². The molecular formula is C17H23ClN2O5. The molecule has 0 saturated heterocycles. The number of aliphatic carboxylic acids is 1. The second kappa shape index (κ2) is 6.29. The van der Waals surface area contributed by atoms with Crippen molar-refractivity contribution in [2.75, 3.05) is 30.4 Å². The molecule has 1 unspecified atom stereocenters. The fourth-order valence-corrected chi connectivity index (χ4v) is 2.75. The Morgan fingerprint density at radius 1 is 1.36 bits per heavy atom. The molecule has 7 nitrogen and oxygen atoms in total. The number of carbonyl (C=O) groups excluding carboxylic acids is 1. The number of carboxylic acids is 1. The maximum absolute atomic E-state index is 12.6. The topological polar surface area (TPSA) is 79.3 Å². The van der Waals surface area contributed by atoms with Crippen molar-refractivity contribution in [2.24, 2.45) is 0 Å². The molecule has 138 valence electrons. The Hall–Kier alpha value is -2.15. The molecule has 1 atom stereocenters. The van der Waals surface area contributed by atoms with E-state index >= 15 is 0 Å². The van der Waals surface area contributed by atoms with Gasteiger partial charge in [-0.05, 0) is 33.8 Å². The Balaban J connectivity index is 2.56. The predicted molar refractivity (Wildman–Crippen MR) is 96.0 cm³/mol. The Labute approximate surface area is 152 Å². The van der Waals surface area contributed by atoms with Crippen LogP contribution in [0.4, 0.5) is 16.2 Å². The van der Waals surface area contributed by atoms with Crippen LogP contribution in [0.1, 0.15) is 27.7 Å². The van der Waals surface area contributed by atoms with Gasteiger partial charge in [0.05, 0.1) is 22.9 Å².